The van der Waals surface area contributed by atoms with Crippen molar-refractivity contribution in [3.05, 3.63) is 162 Å². The van der Waals surface area contributed by atoms with Crippen LogP contribution in [0.3, 0.4) is 0 Å². The molecule has 18 heteroatoms. The van der Waals surface area contributed by atoms with Gasteiger partial charge in [0.25, 0.3) is 11.1 Å². The van der Waals surface area contributed by atoms with Crippen molar-refractivity contribution < 1.29 is 24.2 Å². The molecular formula is C49H43Cl2N9O7. The minimum absolute atomic E-state index is 0.0663. The van der Waals surface area contributed by atoms with Crippen LogP contribution in [0.15, 0.2) is 113 Å². The summed E-state index contributed by atoms with van der Waals surface area (Å²) >= 11 is 12.0. The van der Waals surface area contributed by atoms with E-state index >= 15 is 0 Å². The average Bonchev–Trinajstić information content (AvgIpc) is 3.35. The lowest BCUT2D eigenvalue weighted by Crippen LogP contribution is -2.52. The zero-order valence-electron chi connectivity index (χ0n) is 36.3. The summed E-state index contributed by atoms with van der Waals surface area (Å²) in [6, 6.07) is 28.7. The number of rotatable bonds is 8. The van der Waals surface area contributed by atoms with Crippen molar-refractivity contribution in [3.8, 4) is 23.6 Å². The number of aliphatic hydroxyl groups excluding tert-OH is 1. The van der Waals surface area contributed by atoms with Crippen LogP contribution in [0.25, 0.3) is 22.1 Å². The van der Waals surface area contributed by atoms with Crippen molar-refractivity contribution in [2.75, 3.05) is 19.1 Å². The van der Waals surface area contributed by atoms with Gasteiger partial charge in [-0.2, -0.15) is 10.5 Å². The van der Waals surface area contributed by atoms with Gasteiger partial charge in [-0.1, -0.05) is 72.8 Å². The Labute approximate surface area is 394 Å². The van der Waals surface area contributed by atoms with Crippen LogP contribution in [0, 0.1) is 28.6 Å². The monoisotopic (exact) mass is 939 g/mol. The third-order valence-electron chi connectivity index (χ3n) is 11.4. The number of nitrogens with one attached hydrogen (secondary N) is 2. The molecule has 0 spiro atoms. The lowest BCUT2D eigenvalue weighted by atomic mass is 9.88. The Balaban J connectivity index is 0.000000159. The van der Waals surface area contributed by atoms with Gasteiger partial charge in [0.2, 0.25) is 11.8 Å². The molecule has 6 heterocycles. The minimum Gasteiger partial charge on any atom is -0.497 e. The highest BCUT2D eigenvalue weighted by molar-refractivity contribution is 6.36. The predicted molar refractivity (Wildman–Crippen MR) is 252 cm³/mol. The summed E-state index contributed by atoms with van der Waals surface area (Å²) in [5, 5.41) is 33.2. The van der Waals surface area contributed by atoms with E-state index in [-0.39, 0.29) is 33.8 Å². The summed E-state index contributed by atoms with van der Waals surface area (Å²) in [6.45, 7) is 0.551. The van der Waals surface area contributed by atoms with Gasteiger partial charge >= 0.3 is 0 Å². The summed E-state index contributed by atoms with van der Waals surface area (Å²) in [5.74, 6) is -0.166. The molecule has 9 rings (SSSR count). The molecule has 5 aromatic heterocycles. The van der Waals surface area contributed by atoms with Crippen LogP contribution < -0.4 is 30.8 Å². The van der Waals surface area contributed by atoms with Gasteiger partial charge in [-0.05, 0) is 78.6 Å². The van der Waals surface area contributed by atoms with E-state index in [2.05, 4.69) is 25.3 Å². The number of nitrogens with zero attached hydrogens (tertiary/aromatic N) is 7. The summed E-state index contributed by atoms with van der Waals surface area (Å²) in [5.41, 5.74) is 2.01. The van der Waals surface area contributed by atoms with Crippen molar-refractivity contribution in [3.63, 3.8) is 0 Å². The molecule has 16 nitrogen and oxygen atoms in total. The van der Waals surface area contributed by atoms with Gasteiger partial charge in [-0.25, -0.2) is 15.0 Å². The highest BCUT2D eigenvalue weighted by Gasteiger charge is 2.45. The first kappa shape index (κ1) is 47.3. The Morgan fingerprint density at radius 2 is 1.34 bits per heavy atom. The van der Waals surface area contributed by atoms with Crippen LogP contribution in [-0.2, 0) is 22.7 Å². The van der Waals surface area contributed by atoms with E-state index in [1.807, 2.05) is 54.6 Å². The number of aromatic nitrogens is 5. The van der Waals surface area contributed by atoms with Crippen molar-refractivity contribution in [2.45, 2.75) is 57.3 Å². The Hall–Kier alpha value is -7.63. The minimum atomic E-state index is -1.21. The number of hydrogen-bond acceptors (Lipinski definition) is 12. The Morgan fingerprint density at radius 1 is 0.776 bits per heavy atom. The van der Waals surface area contributed by atoms with E-state index in [1.54, 1.807) is 75.3 Å². The third-order valence-corrected chi connectivity index (χ3v) is 12.2. The molecule has 1 aliphatic carbocycles. The third kappa shape index (κ3) is 10.4. The van der Waals surface area contributed by atoms with Gasteiger partial charge in [-0.15, -0.1) is 0 Å². The number of hydrogen-bond donors (Lipinski definition) is 3. The molecule has 0 bridgehead atoms. The molecule has 2 aliphatic rings. The average molecular weight is 941 g/mol. The number of nitriles is 2. The number of ether oxygens (including phenoxy) is 2. The number of methoxy groups -OCH3 is 2. The summed E-state index contributed by atoms with van der Waals surface area (Å²) in [4.78, 5) is 66.7. The number of benzene rings is 2. The first-order chi connectivity index (χ1) is 32.5. The van der Waals surface area contributed by atoms with Gasteiger partial charge in [-0.3, -0.25) is 28.6 Å². The number of amides is 2. The molecule has 67 heavy (non-hydrogen) atoms. The first-order valence-electron chi connectivity index (χ1n) is 21.1. The number of H-pyrrole nitrogens is 1. The standard InChI is InChI=1S/C23H27N3O4.C17H12ClN3O2.C9H4ClN3O/c1-30-17-11-9-15(10-12-17)14-26-21-18(8-5-13-24-21)20(27)19(23(26)29)22(28)25-16-6-3-2-4-7-16;1-23-12-6-4-11(5-7-12)10-21-16-13(3-2-8-20-16)15(18)14(9-19)17(21)22;10-7-5-2-1-3-12-8(5)13-9(14)6(7)4-11/h5,8-13,16,19-20,27H,2-4,6-7,14H2,1H3,(H,25,28);2-8H,10H2,1H3;1-3H,(H,12,13,14). The van der Waals surface area contributed by atoms with Crippen LogP contribution in [0.5, 0.6) is 11.5 Å². The summed E-state index contributed by atoms with van der Waals surface area (Å²) < 4.78 is 11.8. The number of carbonyl (C=O) groups is 2. The maximum absolute atomic E-state index is 13.3. The molecule has 2 unspecified atom stereocenters. The van der Waals surface area contributed by atoms with E-state index in [0.717, 1.165) is 48.3 Å². The Bertz CT molecular complexity index is 3140. The number of pyridine rings is 5. The van der Waals surface area contributed by atoms with Crippen molar-refractivity contribution in [1.29, 1.82) is 10.5 Å². The van der Waals surface area contributed by atoms with Crippen molar-refractivity contribution >= 4 is 62.9 Å². The molecule has 0 saturated heterocycles. The molecule has 2 atom stereocenters. The number of fused-ring (bicyclic) bond motifs is 3. The number of aromatic amines is 1. The fourth-order valence-corrected chi connectivity index (χ4v) is 8.45. The van der Waals surface area contributed by atoms with Crippen molar-refractivity contribution in [2.24, 2.45) is 5.92 Å². The first-order valence-corrected chi connectivity index (χ1v) is 21.9. The highest BCUT2D eigenvalue weighted by atomic mass is 35.5. The molecule has 1 aliphatic heterocycles. The maximum atomic E-state index is 13.3. The lowest BCUT2D eigenvalue weighted by Gasteiger charge is -2.36. The fourth-order valence-electron chi connectivity index (χ4n) is 7.90. The van der Waals surface area contributed by atoms with E-state index in [1.165, 1.54) is 15.9 Å². The number of carbonyl (C=O) groups excluding carboxylic acids is 2. The Morgan fingerprint density at radius 3 is 1.97 bits per heavy atom. The van der Waals surface area contributed by atoms with Crippen LogP contribution in [0.1, 0.15) is 66.0 Å². The quantitative estimate of drug-likeness (QED) is 0.129. The van der Waals surface area contributed by atoms with Gasteiger partial charge in [0, 0.05) is 41.0 Å². The molecule has 2 aromatic carbocycles. The molecule has 1 saturated carbocycles. The second-order valence-corrected chi connectivity index (χ2v) is 16.3. The summed E-state index contributed by atoms with van der Waals surface area (Å²) in [6.07, 6.45) is 8.65. The fraction of sp³-hybridized carbons (Fsp3) is 0.245. The number of anilines is 1. The van der Waals surface area contributed by atoms with E-state index in [9.17, 15) is 29.5 Å². The maximum Gasteiger partial charge on any atom is 0.271 e. The molecule has 3 N–H and O–H groups in total. The Kier molecular flexibility index (Phi) is 15.2. The molecule has 0 radical (unpaired) electrons. The van der Waals surface area contributed by atoms with Crippen molar-refractivity contribution in [1.82, 2.24) is 29.8 Å². The normalized spacial score (nSPS) is 15.4. The molecule has 7 aromatic rings. The van der Waals surface area contributed by atoms with Crippen LogP contribution in [0.4, 0.5) is 5.82 Å². The van der Waals surface area contributed by atoms with Gasteiger partial charge < -0.3 is 24.9 Å². The number of halogens is 2. The van der Waals surface area contributed by atoms with E-state index < -0.39 is 35.0 Å². The van der Waals surface area contributed by atoms with Gasteiger partial charge in [0.1, 0.15) is 63.9 Å². The topological polar surface area (TPSA) is 229 Å². The molecule has 340 valence electrons. The largest absolute Gasteiger partial charge is 0.497 e. The smallest absolute Gasteiger partial charge is 0.271 e. The number of aliphatic hydroxyl groups is 1. The van der Waals surface area contributed by atoms with E-state index in [4.69, 9.17) is 37.9 Å². The molecule has 2 amide bonds. The highest BCUT2D eigenvalue weighted by Crippen LogP contribution is 2.38. The lowest BCUT2D eigenvalue weighted by molar-refractivity contribution is -0.140. The zero-order valence-corrected chi connectivity index (χ0v) is 37.8. The second kappa shape index (κ2) is 21.6. The second-order valence-electron chi connectivity index (χ2n) is 15.5. The van der Waals surface area contributed by atoms with Crippen LogP contribution in [-0.4, -0.2) is 61.7 Å². The van der Waals surface area contributed by atoms with E-state index in [0.29, 0.717) is 40.0 Å². The van der Waals surface area contributed by atoms with Gasteiger partial charge in [0.05, 0.1) is 37.4 Å². The SMILES string of the molecule is COc1ccc(CN2C(=O)C(C(=O)NC3CCCCC3)C(O)c3cccnc32)cc1.COc1ccc(Cn2c(=O)c(C#N)c(Cl)c3cccnc32)cc1.N#Cc1c(Cl)c2cccnc2[nH]c1=O. The summed E-state index contributed by atoms with van der Waals surface area (Å²) in [7, 11) is 3.19. The van der Waals surface area contributed by atoms with Crippen LogP contribution in [0.2, 0.25) is 10.0 Å². The molecular weight excluding hydrogens is 898 g/mol. The van der Waals surface area contributed by atoms with Crippen LogP contribution >= 0.6 is 23.2 Å². The predicted octanol–water partition coefficient (Wildman–Crippen LogP) is 7.16. The van der Waals surface area contributed by atoms with Gasteiger partial charge in [0.15, 0.2) is 0 Å². The zero-order chi connectivity index (χ0) is 47.6. The molecule has 1 fully saturated rings.